The third-order valence-electron chi connectivity index (χ3n) is 4.58. The molecule has 1 heterocycles. The maximum Gasteiger partial charge on any atom is 0.151 e. The van der Waals surface area contributed by atoms with Crippen LogP contribution in [0, 0.1) is 18.8 Å². The van der Waals surface area contributed by atoms with Crippen LogP contribution in [0.25, 0.3) is 0 Å². The van der Waals surface area contributed by atoms with Crippen LogP contribution in [0.15, 0.2) is 52.3 Å². The largest absolute Gasteiger partial charge is 0.496 e. The van der Waals surface area contributed by atoms with Crippen LogP contribution in [0.2, 0.25) is 0 Å². The fourth-order valence-electron chi connectivity index (χ4n) is 3.12. The number of hydrogen-bond acceptors (Lipinski definition) is 5. The highest BCUT2D eigenvalue weighted by molar-refractivity contribution is 7.99. The Kier molecular flexibility index (Phi) is 6.79. The number of aryl methyl sites for hydroxylation is 1. The van der Waals surface area contributed by atoms with E-state index in [-0.39, 0.29) is 6.23 Å². The van der Waals surface area contributed by atoms with Crippen molar-refractivity contribution in [2.75, 3.05) is 18.6 Å². The molecular formula is C21H27NO2S2. The zero-order valence-corrected chi connectivity index (χ0v) is 17.2. The quantitative estimate of drug-likeness (QED) is 0.687. The lowest BCUT2D eigenvalue weighted by Gasteiger charge is -2.24. The van der Waals surface area contributed by atoms with Crippen molar-refractivity contribution in [2.24, 2.45) is 17.6 Å². The van der Waals surface area contributed by atoms with E-state index in [1.54, 1.807) is 7.11 Å². The van der Waals surface area contributed by atoms with Gasteiger partial charge in [-0.05, 0) is 49.1 Å². The Hall–Kier alpha value is -1.30. The SMILES string of the molecule is COc1ccccc1SC[C@@H](C)C[C@H]1CSc2cc(C)ccc2OC1N. The summed E-state index contributed by atoms with van der Waals surface area (Å²) in [7, 11) is 1.72. The summed E-state index contributed by atoms with van der Waals surface area (Å²) in [5, 5.41) is 0. The molecular weight excluding hydrogens is 362 g/mol. The summed E-state index contributed by atoms with van der Waals surface area (Å²) >= 11 is 3.72. The molecule has 2 aromatic rings. The third kappa shape index (κ3) is 4.90. The van der Waals surface area contributed by atoms with Crippen LogP contribution in [0.3, 0.4) is 0 Å². The second-order valence-electron chi connectivity index (χ2n) is 6.91. The molecule has 3 rings (SSSR count). The number of thioether (sulfide) groups is 2. The van der Waals surface area contributed by atoms with Crippen molar-refractivity contribution in [3.63, 3.8) is 0 Å². The van der Waals surface area contributed by atoms with Crippen molar-refractivity contribution in [3.8, 4) is 11.5 Å². The molecule has 26 heavy (non-hydrogen) atoms. The lowest BCUT2D eigenvalue weighted by atomic mass is 9.97. The summed E-state index contributed by atoms with van der Waals surface area (Å²) in [6.45, 7) is 4.41. The lowest BCUT2D eigenvalue weighted by Crippen LogP contribution is -2.37. The second kappa shape index (κ2) is 9.07. The normalized spacial score (nSPS) is 20.6. The van der Waals surface area contributed by atoms with Crippen molar-refractivity contribution >= 4 is 23.5 Å². The molecule has 0 saturated heterocycles. The van der Waals surface area contributed by atoms with Crippen LogP contribution in [-0.2, 0) is 0 Å². The predicted molar refractivity (Wildman–Crippen MR) is 111 cm³/mol. The molecule has 0 saturated carbocycles. The number of benzene rings is 2. The first kappa shape index (κ1) is 19.5. The van der Waals surface area contributed by atoms with E-state index in [4.69, 9.17) is 15.2 Å². The van der Waals surface area contributed by atoms with Crippen LogP contribution in [0.5, 0.6) is 11.5 Å². The number of hydrogen-bond donors (Lipinski definition) is 1. The van der Waals surface area contributed by atoms with Crippen molar-refractivity contribution in [1.29, 1.82) is 0 Å². The first-order chi connectivity index (χ1) is 12.6. The van der Waals surface area contributed by atoms with Crippen molar-refractivity contribution in [2.45, 2.75) is 36.3 Å². The van der Waals surface area contributed by atoms with Gasteiger partial charge in [-0.15, -0.1) is 23.5 Å². The molecule has 0 fully saturated rings. The van der Waals surface area contributed by atoms with Gasteiger partial charge in [0.2, 0.25) is 0 Å². The Labute approximate surface area is 165 Å². The zero-order chi connectivity index (χ0) is 18.5. The van der Waals surface area contributed by atoms with Gasteiger partial charge in [0.25, 0.3) is 0 Å². The van der Waals surface area contributed by atoms with Gasteiger partial charge in [0.1, 0.15) is 11.5 Å². The Morgan fingerprint density at radius 3 is 2.92 bits per heavy atom. The van der Waals surface area contributed by atoms with Crippen LogP contribution < -0.4 is 15.2 Å². The van der Waals surface area contributed by atoms with Gasteiger partial charge >= 0.3 is 0 Å². The fraction of sp³-hybridized carbons (Fsp3) is 0.429. The average molecular weight is 390 g/mol. The van der Waals surface area contributed by atoms with E-state index in [1.165, 1.54) is 15.4 Å². The molecule has 3 nitrogen and oxygen atoms in total. The topological polar surface area (TPSA) is 44.5 Å². The summed E-state index contributed by atoms with van der Waals surface area (Å²) in [6, 6.07) is 14.5. The lowest BCUT2D eigenvalue weighted by molar-refractivity contribution is 0.138. The molecule has 0 aliphatic carbocycles. The van der Waals surface area contributed by atoms with Gasteiger partial charge in [-0.3, -0.25) is 5.73 Å². The van der Waals surface area contributed by atoms with E-state index in [2.05, 4.69) is 38.1 Å². The number of methoxy groups -OCH3 is 1. The van der Waals surface area contributed by atoms with Gasteiger partial charge in [0.05, 0.1) is 7.11 Å². The van der Waals surface area contributed by atoms with Gasteiger partial charge < -0.3 is 9.47 Å². The summed E-state index contributed by atoms with van der Waals surface area (Å²) in [4.78, 5) is 2.40. The molecule has 0 bridgehead atoms. The summed E-state index contributed by atoms with van der Waals surface area (Å²) in [5.41, 5.74) is 7.63. The number of fused-ring (bicyclic) bond motifs is 1. The van der Waals surface area contributed by atoms with Crippen LogP contribution in [0.4, 0.5) is 0 Å². The maximum atomic E-state index is 6.37. The summed E-state index contributed by atoms with van der Waals surface area (Å²) in [5.74, 6) is 4.81. The first-order valence-electron chi connectivity index (χ1n) is 8.98. The standard InChI is InChI=1S/C21H27NO2S2/c1-14-8-9-18-20(11-14)26-13-16(21(22)24-18)10-15(2)12-25-19-7-5-4-6-17(19)23-3/h4-9,11,15-16,21H,10,12-13,22H2,1-3H3/t15-,16-,21?/m0/s1. The molecule has 0 aromatic heterocycles. The predicted octanol–water partition coefficient (Wildman–Crippen LogP) is 5.21. The Balaban J connectivity index is 1.57. The molecule has 1 aliphatic heterocycles. The molecule has 0 radical (unpaired) electrons. The third-order valence-corrected chi connectivity index (χ3v) is 7.19. The fourth-order valence-corrected chi connectivity index (χ4v) is 5.43. The average Bonchev–Trinajstić information content (AvgIpc) is 2.79. The van der Waals surface area contributed by atoms with Crippen LogP contribution in [0.1, 0.15) is 18.9 Å². The number of rotatable bonds is 6. The van der Waals surface area contributed by atoms with E-state index in [0.29, 0.717) is 11.8 Å². The van der Waals surface area contributed by atoms with E-state index in [9.17, 15) is 0 Å². The molecule has 2 aromatic carbocycles. The minimum atomic E-state index is -0.245. The monoisotopic (exact) mass is 389 g/mol. The first-order valence-corrected chi connectivity index (χ1v) is 11.0. The van der Waals surface area contributed by atoms with E-state index >= 15 is 0 Å². The van der Waals surface area contributed by atoms with Gasteiger partial charge in [0, 0.05) is 27.2 Å². The Morgan fingerprint density at radius 1 is 1.31 bits per heavy atom. The van der Waals surface area contributed by atoms with E-state index < -0.39 is 0 Å². The maximum absolute atomic E-state index is 6.37. The molecule has 1 unspecified atom stereocenters. The van der Waals surface area contributed by atoms with Crippen molar-refractivity contribution < 1.29 is 9.47 Å². The highest BCUT2D eigenvalue weighted by Crippen LogP contribution is 2.38. The molecule has 1 aliphatic rings. The smallest absolute Gasteiger partial charge is 0.151 e. The molecule has 3 atom stereocenters. The molecule has 0 spiro atoms. The zero-order valence-electron chi connectivity index (χ0n) is 15.6. The van der Waals surface area contributed by atoms with Gasteiger partial charge in [-0.2, -0.15) is 0 Å². The Bertz CT molecular complexity index is 738. The number of ether oxygens (including phenoxy) is 2. The number of nitrogens with two attached hydrogens (primary N) is 1. The molecule has 5 heteroatoms. The highest BCUT2D eigenvalue weighted by atomic mass is 32.2. The Morgan fingerprint density at radius 2 is 2.12 bits per heavy atom. The van der Waals surface area contributed by atoms with Gasteiger partial charge in [0.15, 0.2) is 6.23 Å². The van der Waals surface area contributed by atoms with Crippen LogP contribution >= 0.6 is 23.5 Å². The highest BCUT2D eigenvalue weighted by Gasteiger charge is 2.26. The van der Waals surface area contributed by atoms with Crippen LogP contribution in [-0.4, -0.2) is 24.8 Å². The molecule has 0 amide bonds. The minimum Gasteiger partial charge on any atom is -0.496 e. The molecule has 2 N–H and O–H groups in total. The second-order valence-corrected chi connectivity index (χ2v) is 9.03. The van der Waals surface area contributed by atoms with Crippen molar-refractivity contribution in [3.05, 3.63) is 48.0 Å². The molecule has 140 valence electrons. The number of para-hydroxylation sites is 1. The van der Waals surface area contributed by atoms with E-state index in [0.717, 1.165) is 29.4 Å². The summed E-state index contributed by atoms with van der Waals surface area (Å²) in [6.07, 6.45) is 0.814. The summed E-state index contributed by atoms with van der Waals surface area (Å²) < 4.78 is 11.5. The van der Waals surface area contributed by atoms with E-state index in [1.807, 2.05) is 41.7 Å². The van der Waals surface area contributed by atoms with Gasteiger partial charge in [-0.1, -0.05) is 25.1 Å². The minimum absolute atomic E-state index is 0.245. The van der Waals surface area contributed by atoms with Gasteiger partial charge in [-0.25, -0.2) is 0 Å². The van der Waals surface area contributed by atoms with Crippen molar-refractivity contribution in [1.82, 2.24) is 0 Å².